The molecule has 0 amide bonds. The summed E-state index contributed by atoms with van der Waals surface area (Å²) in [6.45, 7) is 7.57. The Bertz CT molecular complexity index is 184. The lowest BCUT2D eigenvalue weighted by Gasteiger charge is -2.20. The van der Waals surface area contributed by atoms with E-state index < -0.39 is 0 Å². The van der Waals surface area contributed by atoms with Crippen LogP contribution in [-0.2, 0) is 0 Å². The van der Waals surface area contributed by atoms with Crippen LogP contribution in [0.4, 0.5) is 0 Å². The molecule has 1 aliphatic heterocycles. The Morgan fingerprint density at radius 2 is 1.42 bits per heavy atom. The van der Waals surface area contributed by atoms with E-state index in [-0.39, 0.29) is 12.4 Å². The number of rotatable bonds is 11. The second kappa shape index (κ2) is 13.2. The first-order valence-corrected chi connectivity index (χ1v) is 8.73. The summed E-state index contributed by atoms with van der Waals surface area (Å²) in [5.74, 6) is 0. The van der Waals surface area contributed by atoms with Gasteiger partial charge in [0.15, 0.2) is 0 Å². The molecule has 2 atom stereocenters. The quantitative estimate of drug-likeness (QED) is 0.541. The third-order valence-corrected chi connectivity index (χ3v) is 4.72. The fourth-order valence-electron chi connectivity index (χ4n) is 3.47. The molecule has 1 aliphatic rings. The molecular weight excluding hydrogens is 254 g/mol. The molecule has 0 aromatic carbocycles. The number of nitrogens with one attached hydrogen (secondary N) is 1. The van der Waals surface area contributed by atoms with Gasteiger partial charge in [-0.3, -0.25) is 0 Å². The Morgan fingerprint density at radius 1 is 0.842 bits per heavy atom. The minimum atomic E-state index is 0. The molecule has 0 spiro atoms. The molecule has 0 saturated carbocycles. The van der Waals surface area contributed by atoms with E-state index in [2.05, 4.69) is 13.8 Å². The average molecular weight is 290 g/mol. The maximum absolute atomic E-state index is 2.37. The topological polar surface area (TPSA) is 4.44 Å². The smallest absolute Gasteiger partial charge is 0.0874 e. The minimum absolute atomic E-state index is 0. The Morgan fingerprint density at radius 3 is 2.00 bits per heavy atom. The molecule has 0 aromatic heterocycles. The van der Waals surface area contributed by atoms with Crippen LogP contribution in [0.15, 0.2) is 0 Å². The number of quaternary nitrogens is 1. The van der Waals surface area contributed by atoms with E-state index in [9.17, 15) is 0 Å². The molecule has 1 heterocycles. The molecule has 1 saturated heterocycles. The van der Waals surface area contributed by atoms with Crippen molar-refractivity contribution in [1.82, 2.24) is 0 Å². The fraction of sp³-hybridized carbons (Fsp3) is 1.00. The SMILES string of the molecule is CCCCCCCCCCC[NH+]1CCCC1CC.[Cl-]. The van der Waals surface area contributed by atoms with Crippen molar-refractivity contribution in [2.75, 3.05) is 13.1 Å². The van der Waals surface area contributed by atoms with Crippen molar-refractivity contribution in [3.8, 4) is 0 Å². The van der Waals surface area contributed by atoms with E-state index >= 15 is 0 Å². The van der Waals surface area contributed by atoms with Gasteiger partial charge in [-0.05, 0) is 19.3 Å². The molecule has 1 rings (SSSR count). The summed E-state index contributed by atoms with van der Waals surface area (Å²) in [6, 6.07) is 0.999. The molecule has 116 valence electrons. The summed E-state index contributed by atoms with van der Waals surface area (Å²) in [5, 5.41) is 0. The molecule has 1 nitrogen and oxygen atoms in total. The maximum Gasteiger partial charge on any atom is 0.0874 e. The Balaban J connectivity index is 0.00000324. The maximum atomic E-state index is 2.37. The van der Waals surface area contributed by atoms with Gasteiger partial charge in [0.1, 0.15) is 0 Å². The van der Waals surface area contributed by atoms with Crippen molar-refractivity contribution in [2.24, 2.45) is 0 Å². The molecule has 1 fully saturated rings. The predicted octanol–water partition coefficient (Wildman–Crippen LogP) is 0.979. The van der Waals surface area contributed by atoms with Crippen molar-refractivity contribution in [3.05, 3.63) is 0 Å². The van der Waals surface area contributed by atoms with Crippen LogP contribution >= 0.6 is 0 Å². The largest absolute Gasteiger partial charge is 1.00 e. The number of halogens is 1. The summed E-state index contributed by atoms with van der Waals surface area (Å²) < 4.78 is 0. The fourth-order valence-corrected chi connectivity index (χ4v) is 3.47. The van der Waals surface area contributed by atoms with Gasteiger partial charge in [-0.1, -0.05) is 58.8 Å². The molecular formula is C17H36ClN. The number of hydrogen-bond donors (Lipinski definition) is 1. The van der Waals surface area contributed by atoms with Gasteiger partial charge in [0, 0.05) is 12.8 Å². The minimum Gasteiger partial charge on any atom is -1.00 e. The molecule has 2 heteroatoms. The van der Waals surface area contributed by atoms with Crippen molar-refractivity contribution in [3.63, 3.8) is 0 Å². The van der Waals surface area contributed by atoms with Gasteiger partial charge in [-0.15, -0.1) is 0 Å². The van der Waals surface area contributed by atoms with Gasteiger partial charge in [0.05, 0.1) is 19.1 Å². The number of hydrogen-bond acceptors (Lipinski definition) is 0. The van der Waals surface area contributed by atoms with Crippen LogP contribution < -0.4 is 17.3 Å². The van der Waals surface area contributed by atoms with Crippen LogP contribution in [0.25, 0.3) is 0 Å². The van der Waals surface area contributed by atoms with Crippen molar-refractivity contribution in [2.45, 2.75) is 96.9 Å². The lowest BCUT2D eigenvalue weighted by Crippen LogP contribution is -3.13. The average Bonchev–Trinajstić information content (AvgIpc) is 2.84. The first kappa shape index (κ1) is 19.2. The van der Waals surface area contributed by atoms with E-state index in [4.69, 9.17) is 0 Å². The van der Waals surface area contributed by atoms with Crippen LogP contribution in [0.1, 0.15) is 90.9 Å². The lowest BCUT2D eigenvalue weighted by molar-refractivity contribution is -0.912. The van der Waals surface area contributed by atoms with Crippen LogP contribution in [0.2, 0.25) is 0 Å². The molecule has 0 radical (unpaired) electrons. The lowest BCUT2D eigenvalue weighted by atomic mass is 10.1. The van der Waals surface area contributed by atoms with E-state index in [1.54, 1.807) is 0 Å². The Hall–Kier alpha value is 0.250. The van der Waals surface area contributed by atoms with E-state index in [0.29, 0.717) is 0 Å². The van der Waals surface area contributed by atoms with E-state index in [0.717, 1.165) is 6.04 Å². The summed E-state index contributed by atoms with van der Waals surface area (Å²) in [5.41, 5.74) is 0. The van der Waals surface area contributed by atoms with Crippen molar-refractivity contribution < 1.29 is 17.3 Å². The molecule has 0 aromatic rings. The molecule has 0 bridgehead atoms. The second-order valence-electron chi connectivity index (χ2n) is 6.23. The highest BCUT2D eigenvalue weighted by Crippen LogP contribution is 2.09. The predicted molar refractivity (Wildman–Crippen MR) is 81.2 cm³/mol. The Labute approximate surface area is 127 Å². The highest BCUT2D eigenvalue weighted by atomic mass is 35.5. The zero-order valence-corrected chi connectivity index (χ0v) is 14.1. The first-order valence-electron chi connectivity index (χ1n) is 8.73. The van der Waals surface area contributed by atoms with Gasteiger partial charge in [-0.25, -0.2) is 0 Å². The molecule has 19 heavy (non-hydrogen) atoms. The first-order chi connectivity index (χ1) is 8.88. The van der Waals surface area contributed by atoms with E-state index in [1.165, 1.54) is 90.1 Å². The standard InChI is InChI=1S/C17H35N.ClH/c1-3-5-6-7-8-9-10-11-12-15-18-16-13-14-17(18)4-2;/h17H,3-16H2,1-2H3;1H. The molecule has 1 N–H and O–H groups in total. The number of likely N-dealkylation sites (tertiary alicyclic amines) is 1. The molecule has 0 aliphatic carbocycles. The summed E-state index contributed by atoms with van der Waals surface area (Å²) in [6.07, 6.45) is 17.5. The second-order valence-corrected chi connectivity index (χ2v) is 6.23. The normalized spacial score (nSPS) is 22.4. The summed E-state index contributed by atoms with van der Waals surface area (Å²) >= 11 is 0. The van der Waals surface area contributed by atoms with Crippen LogP contribution in [0.3, 0.4) is 0 Å². The van der Waals surface area contributed by atoms with Gasteiger partial charge in [0.2, 0.25) is 0 Å². The van der Waals surface area contributed by atoms with Crippen LogP contribution in [0, 0.1) is 0 Å². The third-order valence-electron chi connectivity index (χ3n) is 4.72. The Kier molecular flexibility index (Phi) is 13.4. The highest BCUT2D eigenvalue weighted by molar-refractivity contribution is 4.60. The monoisotopic (exact) mass is 289 g/mol. The van der Waals surface area contributed by atoms with Gasteiger partial charge in [0.25, 0.3) is 0 Å². The number of unbranched alkanes of at least 4 members (excludes halogenated alkanes) is 8. The summed E-state index contributed by atoms with van der Waals surface area (Å²) in [4.78, 5) is 1.92. The van der Waals surface area contributed by atoms with Crippen LogP contribution in [0.5, 0.6) is 0 Å². The highest BCUT2D eigenvalue weighted by Gasteiger charge is 2.25. The van der Waals surface area contributed by atoms with Crippen molar-refractivity contribution in [1.29, 1.82) is 0 Å². The van der Waals surface area contributed by atoms with E-state index in [1.807, 2.05) is 4.90 Å². The van der Waals surface area contributed by atoms with Gasteiger partial charge in [-0.2, -0.15) is 0 Å². The zero-order valence-electron chi connectivity index (χ0n) is 13.4. The molecule has 2 unspecified atom stereocenters. The summed E-state index contributed by atoms with van der Waals surface area (Å²) in [7, 11) is 0. The van der Waals surface area contributed by atoms with Crippen LogP contribution in [-0.4, -0.2) is 19.1 Å². The zero-order chi connectivity index (χ0) is 13.1. The van der Waals surface area contributed by atoms with Gasteiger partial charge < -0.3 is 17.3 Å². The van der Waals surface area contributed by atoms with Gasteiger partial charge >= 0.3 is 0 Å². The van der Waals surface area contributed by atoms with Crippen molar-refractivity contribution >= 4 is 0 Å². The third kappa shape index (κ3) is 8.92.